The van der Waals surface area contributed by atoms with Gasteiger partial charge in [0, 0.05) is 5.56 Å². The molecule has 1 aliphatic heterocycles. The summed E-state index contributed by atoms with van der Waals surface area (Å²) >= 11 is 1.43. The Morgan fingerprint density at radius 3 is 2.33 bits per heavy atom. The number of thioether (sulfide) groups is 1. The lowest BCUT2D eigenvalue weighted by Crippen LogP contribution is -2.28. The summed E-state index contributed by atoms with van der Waals surface area (Å²) in [6, 6.07) is 28.7. The van der Waals surface area contributed by atoms with E-state index in [0.29, 0.717) is 17.5 Å². The van der Waals surface area contributed by atoms with Crippen molar-refractivity contribution in [3.05, 3.63) is 96.1 Å². The van der Waals surface area contributed by atoms with Gasteiger partial charge in [-0.15, -0.1) is 5.10 Å². The minimum absolute atomic E-state index is 0.0621. The predicted molar refractivity (Wildman–Crippen MR) is 126 cm³/mol. The zero-order valence-electron chi connectivity index (χ0n) is 16.2. The highest BCUT2D eigenvalue weighted by atomic mass is 32.2. The Morgan fingerprint density at radius 1 is 0.833 bits per heavy atom. The lowest BCUT2D eigenvalue weighted by molar-refractivity contribution is -0.124. The highest BCUT2D eigenvalue weighted by Gasteiger charge is 2.28. The van der Waals surface area contributed by atoms with Crippen LogP contribution in [0.25, 0.3) is 21.5 Å². The molecule has 0 atom stereocenters. The van der Waals surface area contributed by atoms with Crippen LogP contribution in [0.15, 0.2) is 95.1 Å². The van der Waals surface area contributed by atoms with Gasteiger partial charge >= 0.3 is 0 Å². The Bertz CT molecular complexity index is 1300. The molecule has 0 aliphatic carbocycles. The Hall–Kier alpha value is -3.44. The molecule has 0 saturated carbocycles. The highest BCUT2D eigenvalue weighted by molar-refractivity contribution is 8.15. The normalized spacial score (nSPS) is 15.8. The molecule has 1 saturated heterocycles. The van der Waals surface area contributed by atoms with Crippen LogP contribution in [0.2, 0.25) is 0 Å². The smallest absolute Gasteiger partial charge is 0.239 e. The summed E-state index contributed by atoms with van der Waals surface area (Å²) < 4.78 is 0. The molecular formula is C25H19N3OS. The van der Waals surface area contributed by atoms with Crippen LogP contribution in [0.4, 0.5) is 0 Å². The van der Waals surface area contributed by atoms with Crippen molar-refractivity contribution in [1.82, 2.24) is 4.90 Å². The lowest BCUT2D eigenvalue weighted by Gasteiger charge is -2.16. The second-order valence-corrected chi connectivity index (χ2v) is 8.04. The van der Waals surface area contributed by atoms with E-state index in [2.05, 4.69) is 52.7 Å². The van der Waals surface area contributed by atoms with E-state index in [4.69, 9.17) is 0 Å². The summed E-state index contributed by atoms with van der Waals surface area (Å²) in [5.74, 6) is 0.458. The van der Waals surface area contributed by atoms with Crippen molar-refractivity contribution < 1.29 is 4.79 Å². The van der Waals surface area contributed by atoms with Gasteiger partial charge in [0.15, 0.2) is 5.17 Å². The maximum Gasteiger partial charge on any atom is 0.239 e. The van der Waals surface area contributed by atoms with Crippen molar-refractivity contribution in [2.75, 3.05) is 5.75 Å². The molecule has 0 spiro atoms. The Morgan fingerprint density at radius 2 is 1.50 bits per heavy atom. The standard InChI is InChI=1S/C25H19N3OS/c29-24-17-30-25(27-26-15-20-11-5-9-18-7-1-3-13-22(18)20)28(24)16-21-12-6-10-19-8-2-4-14-23(19)21/h1-15H,16-17H2/b26-15+,27-25-. The van der Waals surface area contributed by atoms with Crippen molar-refractivity contribution in [3.63, 3.8) is 0 Å². The zero-order valence-corrected chi connectivity index (χ0v) is 17.0. The van der Waals surface area contributed by atoms with Crippen LogP contribution in [0, 0.1) is 0 Å². The fraction of sp³-hybridized carbons (Fsp3) is 0.0800. The fourth-order valence-corrected chi connectivity index (χ4v) is 4.57. The van der Waals surface area contributed by atoms with Gasteiger partial charge in [-0.2, -0.15) is 5.10 Å². The second kappa shape index (κ2) is 8.13. The van der Waals surface area contributed by atoms with Gasteiger partial charge in [0.1, 0.15) is 0 Å². The molecule has 0 unspecified atom stereocenters. The molecular weight excluding hydrogens is 390 g/mol. The van der Waals surface area contributed by atoms with Crippen molar-refractivity contribution in [2.24, 2.45) is 10.2 Å². The van der Waals surface area contributed by atoms with E-state index >= 15 is 0 Å². The number of benzene rings is 4. The molecule has 146 valence electrons. The SMILES string of the molecule is O=C1CS/C(=N\N=C\c2cccc3ccccc23)N1Cc1cccc2ccccc12. The van der Waals surface area contributed by atoms with E-state index in [0.717, 1.165) is 27.3 Å². The number of hydrogen-bond donors (Lipinski definition) is 0. The quantitative estimate of drug-likeness (QED) is 0.332. The summed E-state index contributed by atoms with van der Waals surface area (Å²) in [6.07, 6.45) is 1.76. The van der Waals surface area contributed by atoms with E-state index in [1.807, 2.05) is 42.5 Å². The maximum atomic E-state index is 12.5. The van der Waals surface area contributed by atoms with Gasteiger partial charge in [0.2, 0.25) is 5.91 Å². The maximum absolute atomic E-state index is 12.5. The molecule has 4 aromatic carbocycles. The highest BCUT2D eigenvalue weighted by Crippen LogP contribution is 2.26. The van der Waals surface area contributed by atoms with Crippen molar-refractivity contribution >= 4 is 50.6 Å². The van der Waals surface area contributed by atoms with Gasteiger partial charge in [-0.1, -0.05) is 96.7 Å². The minimum Gasteiger partial charge on any atom is -0.285 e. The topological polar surface area (TPSA) is 45.0 Å². The average molecular weight is 410 g/mol. The third kappa shape index (κ3) is 3.60. The molecule has 1 heterocycles. The van der Waals surface area contributed by atoms with E-state index in [1.165, 1.54) is 17.1 Å². The molecule has 1 fully saturated rings. The van der Waals surface area contributed by atoms with Crippen LogP contribution < -0.4 is 0 Å². The van der Waals surface area contributed by atoms with Crippen molar-refractivity contribution in [2.45, 2.75) is 6.54 Å². The summed E-state index contributed by atoms with van der Waals surface area (Å²) in [5, 5.41) is 14.0. The van der Waals surface area contributed by atoms with Gasteiger partial charge in [-0.05, 0) is 27.1 Å². The molecule has 4 nitrogen and oxygen atoms in total. The van der Waals surface area contributed by atoms with E-state index in [-0.39, 0.29) is 5.91 Å². The summed E-state index contributed by atoms with van der Waals surface area (Å²) in [4.78, 5) is 14.2. The van der Waals surface area contributed by atoms with Crippen LogP contribution in [-0.2, 0) is 11.3 Å². The summed E-state index contributed by atoms with van der Waals surface area (Å²) in [5.41, 5.74) is 2.11. The van der Waals surface area contributed by atoms with Crippen LogP contribution >= 0.6 is 11.8 Å². The number of amides is 1. The van der Waals surface area contributed by atoms with Gasteiger partial charge in [0.05, 0.1) is 18.5 Å². The molecule has 1 aliphatic rings. The zero-order chi connectivity index (χ0) is 20.3. The second-order valence-electron chi connectivity index (χ2n) is 7.10. The van der Waals surface area contributed by atoms with E-state index in [1.54, 1.807) is 11.1 Å². The first kappa shape index (κ1) is 18.6. The first-order valence-electron chi connectivity index (χ1n) is 9.78. The molecule has 1 amide bonds. The molecule has 0 N–H and O–H groups in total. The number of nitrogens with zero attached hydrogens (tertiary/aromatic N) is 3. The van der Waals surface area contributed by atoms with E-state index in [9.17, 15) is 4.79 Å². The Balaban J connectivity index is 1.43. The molecule has 0 aromatic heterocycles. The average Bonchev–Trinajstić information content (AvgIpc) is 3.13. The van der Waals surface area contributed by atoms with Crippen molar-refractivity contribution in [3.8, 4) is 0 Å². The number of fused-ring (bicyclic) bond motifs is 2. The molecule has 30 heavy (non-hydrogen) atoms. The Kier molecular flexibility index (Phi) is 5.03. The fourth-order valence-electron chi connectivity index (χ4n) is 3.73. The van der Waals surface area contributed by atoms with Gasteiger partial charge in [0.25, 0.3) is 0 Å². The van der Waals surface area contributed by atoms with Crippen molar-refractivity contribution in [1.29, 1.82) is 0 Å². The third-order valence-corrected chi connectivity index (χ3v) is 6.18. The first-order chi connectivity index (χ1) is 14.8. The Labute approximate surface area is 178 Å². The summed E-state index contributed by atoms with van der Waals surface area (Å²) in [7, 11) is 0. The minimum atomic E-state index is 0.0621. The number of carbonyl (C=O) groups is 1. The number of carbonyl (C=O) groups excluding carboxylic acids is 1. The molecule has 4 aromatic rings. The molecule has 5 heteroatoms. The number of amidine groups is 1. The van der Waals surface area contributed by atoms with Gasteiger partial charge < -0.3 is 0 Å². The number of hydrogen-bond acceptors (Lipinski definition) is 4. The summed E-state index contributed by atoms with van der Waals surface area (Å²) in [6.45, 7) is 0.496. The number of rotatable bonds is 4. The third-order valence-electron chi connectivity index (χ3n) is 5.23. The first-order valence-corrected chi connectivity index (χ1v) is 10.8. The van der Waals surface area contributed by atoms with Gasteiger partial charge in [-0.3, -0.25) is 9.69 Å². The van der Waals surface area contributed by atoms with Crippen LogP contribution in [-0.4, -0.2) is 27.9 Å². The van der Waals surface area contributed by atoms with E-state index < -0.39 is 0 Å². The van der Waals surface area contributed by atoms with Crippen LogP contribution in [0.5, 0.6) is 0 Å². The van der Waals surface area contributed by atoms with Gasteiger partial charge in [-0.25, -0.2) is 0 Å². The monoisotopic (exact) mass is 409 g/mol. The molecule has 0 bridgehead atoms. The lowest BCUT2D eigenvalue weighted by atomic mass is 10.0. The largest absolute Gasteiger partial charge is 0.285 e. The van der Waals surface area contributed by atoms with Crippen LogP contribution in [0.3, 0.4) is 0 Å². The molecule has 0 radical (unpaired) electrons. The van der Waals surface area contributed by atoms with Crippen LogP contribution in [0.1, 0.15) is 11.1 Å². The predicted octanol–water partition coefficient (Wildman–Crippen LogP) is 5.46. The molecule has 5 rings (SSSR count).